The zero-order valence-corrected chi connectivity index (χ0v) is 11.4. The molecule has 0 fully saturated rings. The highest BCUT2D eigenvalue weighted by atomic mass is 16.6. The molecule has 0 aromatic carbocycles. The molecule has 2 aliphatic rings. The number of Topliss-reactive ketones (excluding diaryl/α,β-unsaturated/α-hetero) is 1. The third-order valence-corrected chi connectivity index (χ3v) is 2.92. The average Bonchev–Trinajstić information content (AvgIpc) is 2.97. The van der Waals surface area contributed by atoms with E-state index in [0.29, 0.717) is 6.42 Å². The monoisotopic (exact) mass is 293 g/mol. The van der Waals surface area contributed by atoms with Crippen LogP contribution in [0.4, 0.5) is 0 Å². The van der Waals surface area contributed by atoms with E-state index in [0.717, 1.165) is 11.6 Å². The molecule has 0 amide bonds. The van der Waals surface area contributed by atoms with Crippen molar-refractivity contribution in [3.63, 3.8) is 0 Å². The standard InChI is InChI=1S/C14H15NO6/c1-8(16)20-12-6-9(7-15-12)2-5-13(19)21-14-10(17)3-4-11(14)18/h2,5,7,12,15,17H,3-4,6H2,1H3. The number of carbonyl (C=O) groups excluding carboxylic acids is 3. The topological polar surface area (TPSA) is 102 Å². The van der Waals surface area contributed by atoms with E-state index >= 15 is 0 Å². The summed E-state index contributed by atoms with van der Waals surface area (Å²) in [5, 5.41) is 12.2. The summed E-state index contributed by atoms with van der Waals surface area (Å²) < 4.78 is 9.76. The molecule has 7 heteroatoms. The lowest BCUT2D eigenvalue weighted by Gasteiger charge is -2.10. The van der Waals surface area contributed by atoms with Gasteiger partial charge in [0.2, 0.25) is 11.5 Å². The second-order valence-corrected chi connectivity index (χ2v) is 4.64. The first-order valence-electron chi connectivity index (χ1n) is 6.43. The number of carbonyl (C=O) groups is 3. The molecule has 0 radical (unpaired) electrons. The van der Waals surface area contributed by atoms with Crippen molar-refractivity contribution in [2.75, 3.05) is 0 Å². The Morgan fingerprint density at radius 1 is 1.43 bits per heavy atom. The van der Waals surface area contributed by atoms with Crippen LogP contribution in [0.25, 0.3) is 0 Å². The molecule has 0 aromatic heterocycles. The van der Waals surface area contributed by atoms with Crippen LogP contribution in [0.2, 0.25) is 0 Å². The van der Waals surface area contributed by atoms with Gasteiger partial charge < -0.3 is 19.9 Å². The fourth-order valence-electron chi connectivity index (χ4n) is 1.97. The van der Waals surface area contributed by atoms with E-state index in [-0.39, 0.29) is 30.1 Å². The molecule has 1 aliphatic carbocycles. The van der Waals surface area contributed by atoms with Crippen molar-refractivity contribution in [2.45, 2.75) is 32.4 Å². The van der Waals surface area contributed by atoms with Crippen molar-refractivity contribution in [1.29, 1.82) is 0 Å². The van der Waals surface area contributed by atoms with Crippen LogP contribution in [0.1, 0.15) is 26.2 Å². The van der Waals surface area contributed by atoms with Crippen LogP contribution >= 0.6 is 0 Å². The van der Waals surface area contributed by atoms with Gasteiger partial charge in [0, 0.05) is 38.5 Å². The lowest BCUT2D eigenvalue weighted by molar-refractivity contribution is -0.146. The minimum Gasteiger partial charge on any atom is -0.508 e. The normalized spacial score (nSPS) is 21.5. The molecule has 0 aromatic rings. The van der Waals surface area contributed by atoms with E-state index in [1.807, 2.05) is 0 Å². The van der Waals surface area contributed by atoms with Gasteiger partial charge in [-0.2, -0.15) is 0 Å². The molecule has 0 spiro atoms. The third-order valence-electron chi connectivity index (χ3n) is 2.92. The van der Waals surface area contributed by atoms with Gasteiger partial charge in [-0.1, -0.05) is 6.08 Å². The number of aliphatic hydroxyl groups excluding tert-OH is 1. The summed E-state index contributed by atoms with van der Waals surface area (Å²) in [6.45, 7) is 1.31. The van der Waals surface area contributed by atoms with Crippen LogP contribution in [0, 0.1) is 0 Å². The van der Waals surface area contributed by atoms with E-state index in [1.165, 1.54) is 13.0 Å². The molecule has 0 saturated heterocycles. The van der Waals surface area contributed by atoms with E-state index in [4.69, 9.17) is 9.47 Å². The Bertz CT molecular complexity index is 572. The number of hydrogen-bond donors (Lipinski definition) is 2. The summed E-state index contributed by atoms with van der Waals surface area (Å²) in [4.78, 5) is 33.7. The quantitative estimate of drug-likeness (QED) is 0.588. The molecule has 0 saturated carbocycles. The first kappa shape index (κ1) is 14.8. The van der Waals surface area contributed by atoms with Crippen molar-refractivity contribution in [1.82, 2.24) is 5.32 Å². The first-order valence-corrected chi connectivity index (χ1v) is 6.43. The molecule has 2 N–H and O–H groups in total. The summed E-state index contributed by atoms with van der Waals surface area (Å²) in [7, 11) is 0. The molecule has 21 heavy (non-hydrogen) atoms. The van der Waals surface area contributed by atoms with Crippen molar-refractivity contribution in [3.05, 3.63) is 35.4 Å². The van der Waals surface area contributed by atoms with Gasteiger partial charge >= 0.3 is 11.9 Å². The van der Waals surface area contributed by atoms with Crippen molar-refractivity contribution in [3.8, 4) is 0 Å². The first-order chi connectivity index (χ1) is 9.95. The van der Waals surface area contributed by atoms with E-state index in [9.17, 15) is 19.5 Å². The Labute approximate surface area is 120 Å². The fourth-order valence-corrected chi connectivity index (χ4v) is 1.97. The summed E-state index contributed by atoms with van der Waals surface area (Å²) in [6.07, 6.45) is 4.60. The average molecular weight is 293 g/mol. The number of hydrogen-bond acceptors (Lipinski definition) is 7. The van der Waals surface area contributed by atoms with Gasteiger partial charge in [0.15, 0.2) is 6.23 Å². The van der Waals surface area contributed by atoms with Gasteiger partial charge in [0.05, 0.1) is 0 Å². The highest BCUT2D eigenvalue weighted by Gasteiger charge is 2.26. The van der Waals surface area contributed by atoms with Crippen LogP contribution < -0.4 is 5.32 Å². The summed E-state index contributed by atoms with van der Waals surface area (Å²) in [6, 6.07) is 0. The summed E-state index contributed by atoms with van der Waals surface area (Å²) >= 11 is 0. The number of allylic oxidation sites excluding steroid dienone is 3. The number of aliphatic hydroxyl groups is 1. The second kappa shape index (κ2) is 6.25. The highest BCUT2D eigenvalue weighted by molar-refractivity contribution is 5.99. The molecule has 1 unspecified atom stereocenters. The molecule has 1 aliphatic heterocycles. The minimum absolute atomic E-state index is 0.150. The van der Waals surface area contributed by atoms with Crippen LogP contribution in [-0.4, -0.2) is 29.1 Å². The van der Waals surface area contributed by atoms with Gasteiger partial charge in [-0.15, -0.1) is 0 Å². The molecule has 1 atom stereocenters. The number of nitrogens with one attached hydrogen (secondary N) is 1. The molecular weight excluding hydrogens is 278 g/mol. The maximum absolute atomic E-state index is 11.6. The molecule has 7 nitrogen and oxygen atoms in total. The molecule has 112 valence electrons. The maximum atomic E-state index is 11.6. The number of rotatable bonds is 4. The van der Waals surface area contributed by atoms with Crippen LogP contribution in [-0.2, 0) is 23.9 Å². The van der Waals surface area contributed by atoms with Gasteiger partial charge in [0.1, 0.15) is 5.76 Å². The number of esters is 2. The van der Waals surface area contributed by atoms with Crippen LogP contribution in [0.15, 0.2) is 35.4 Å². The van der Waals surface area contributed by atoms with Gasteiger partial charge in [-0.3, -0.25) is 9.59 Å². The smallest absolute Gasteiger partial charge is 0.336 e. The Morgan fingerprint density at radius 3 is 2.81 bits per heavy atom. The molecule has 0 bridgehead atoms. The van der Waals surface area contributed by atoms with Gasteiger partial charge in [0.25, 0.3) is 0 Å². The second-order valence-electron chi connectivity index (χ2n) is 4.64. The molecular formula is C14H15NO6. The van der Waals surface area contributed by atoms with Crippen LogP contribution in [0.5, 0.6) is 0 Å². The van der Waals surface area contributed by atoms with Crippen molar-refractivity contribution in [2.24, 2.45) is 0 Å². The van der Waals surface area contributed by atoms with Crippen molar-refractivity contribution >= 4 is 17.7 Å². The van der Waals surface area contributed by atoms with E-state index in [2.05, 4.69) is 5.32 Å². The number of ketones is 1. The largest absolute Gasteiger partial charge is 0.508 e. The predicted molar refractivity (Wildman–Crippen MR) is 70.5 cm³/mol. The fraction of sp³-hybridized carbons (Fsp3) is 0.357. The summed E-state index contributed by atoms with van der Waals surface area (Å²) in [5.74, 6) is -2.00. The third kappa shape index (κ3) is 3.95. The minimum atomic E-state index is -0.747. The number of ether oxygens (including phenoxy) is 2. The Balaban J connectivity index is 1.85. The van der Waals surface area contributed by atoms with E-state index in [1.54, 1.807) is 6.20 Å². The summed E-state index contributed by atoms with van der Waals surface area (Å²) in [5.41, 5.74) is 0.745. The lowest BCUT2D eigenvalue weighted by Crippen LogP contribution is -2.24. The van der Waals surface area contributed by atoms with Gasteiger partial charge in [-0.25, -0.2) is 4.79 Å². The Morgan fingerprint density at radius 2 is 2.19 bits per heavy atom. The van der Waals surface area contributed by atoms with Crippen molar-refractivity contribution < 1.29 is 29.0 Å². The molecule has 2 rings (SSSR count). The lowest BCUT2D eigenvalue weighted by atomic mass is 10.2. The predicted octanol–water partition coefficient (Wildman–Crippen LogP) is 0.985. The Hall–Kier alpha value is -2.57. The SMILES string of the molecule is CC(=O)OC1CC(C=CC(=O)OC2=C(O)CCC2=O)=CN1. The molecule has 1 heterocycles. The highest BCUT2D eigenvalue weighted by Crippen LogP contribution is 2.22. The maximum Gasteiger partial charge on any atom is 0.336 e. The zero-order chi connectivity index (χ0) is 15.4. The Kier molecular flexibility index (Phi) is 4.42. The van der Waals surface area contributed by atoms with E-state index < -0.39 is 18.2 Å². The van der Waals surface area contributed by atoms with Crippen LogP contribution in [0.3, 0.4) is 0 Å². The zero-order valence-electron chi connectivity index (χ0n) is 11.4. The van der Waals surface area contributed by atoms with Gasteiger partial charge in [-0.05, 0) is 5.57 Å².